The second-order valence-corrected chi connectivity index (χ2v) is 3.69. The van der Waals surface area contributed by atoms with Crippen molar-refractivity contribution in [2.45, 2.75) is 13.8 Å². The van der Waals surface area contributed by atoms with Gasteiger partial charge in [0.05, 0.1) is 3.57 Å². The highest BCUT2D eigenvalue weighted by Crippen LogP contribution is 2.41. The van der Waals surface area contributed by atoms with Crippen LogP contribution in [-0.4, -0.2) is 15.3 Å². The molecule has 66 valence electrons. The zero-order valence-electron chi connectivity index (χ0n) is 6.72. The Morgan fingerprint density at radius 1 is 0.833 bits per heavy atom. The molecule has 0 saturated heterocycles. The van der Waals surface area contributed by atoms with E-state index < -0.39 is 0 Å². The van der Waals surface area contributed by atoms with E-state index in [1.807, 2.05) is 22.6 Å². The Bertz CT molecular complexity index is 229. The maximum Gasteiger partial charge on any atom is 0.139 e. The first-order valence-electron chi connectivity index (χ1n) is 3.36. The predicted octanol–water partition coefficient (Wildman–Crippen LogP) is 2.02. The minimum atomic E-state index is -0.0591. The number of halogens is 1. The molecule has 0 aliphatic carbocycles. The molecule has 0 fully saturated rings. The molecule has 0 saturated carbocycles. The number of aromatic hydroxyl groups is 3. The summed E-state index contributed by atoms with van der Waals surface area (Å²) in [5.74, 6) is -0.169. The molecular formula is C8H9IO3. The smallest absolute Gasteiger partial charge is 0.139 e. The number of phenols is 3. The van der Waals surface area contributed by atoms with Gasteiger partial charge in [-0.2, -0.15) is 0 Å². The van der Waals surface area contributed by atoms with Crippen LogP contribution in [0.25, 0.3) is 0 Å². The van der Waals surface area contributed by atoms with Gasteiger partial charge < -0.3 is 15.3 Å². The zero-order valence-corrected chi connectivity index (χ0v) is 8.88. The number of rotatable bonds is 0. The van der Waals surface area contributed by atoms with E-state index in [1.165, 1.54) is 0 Å². The lowest BCUT2D eigenvalue weighted by Crippen LogP contribution is -1.87. The molecule has 0 amide bonds. The Balaban J connectivity index is 3.60. The highest BCUT2D eigenvalue weighted by atomic mass is 127. The number of benzene rings is 1. The molecule has 0 bridgehead atoms. The first-order chi connectivity index (χ1) is 5.46. The molecule has 3 nitrogen and oxygen atoms in total. The first-order valence-corrected chi connectivity index (χ1v) is 4.44. The summed E-state index contributed by atoms with van der Waals surface area (Å²) in [5, 5.41) is 28.1. The fourth-order valence-electron chi connectivity index (χ4n) is 0.947. The van der Waals surface area contributed by atoms with Crippen LogP contribution in [0.1, 0.15) is 11.1 Å². The van der Waals surface area contributed by atoms with Crippen LogP contribution in [-0.2, 0) is 0 Å². The second-order valence-electron chi connectivity index (χ2n) is 2.61. The van der Waals surface area contributed by atoms with Gasteiger partial charge in [-0.25, -0.2) is 0 Å². The van der Waals surface area contributed by atoms with Gasteiger partial charge in [-0.05, 0) is 36.4 Å². The van der Waals surface area contributed by atoms with Crippen molar-refractivity contribution < 1.29 is 15.3 Å². The van der Waals surface area contributed by atoms with E-state index >= 15 is 0 Å². The summed E-state index contributed by atoms with van der Waals surface area (Å²) in [6.07, 6.45) is 0. The molecule has 12 heavy (non-hydrogen) atoms. The Labute approximate surface area is 83.8 Å². The molecule has 1 aromatic carbocycles. The summed E-state index contributed by atoms with van der Waals surface area (Å²) in [4.78, 5) is 0. The molecule has 1 rings (SSSR count). The maximum absolute atomic E-state index is 9.37. The van der Waals surface area contributed by atoms with Crippen LogP contribution in [0.4, 0.5) is 0 Å². The van der Waals surface area contributed by atoms with E-state index in [2.05, 4.69) is 0 Å². The molecule has 4 heteroatoms. The molecule has 0 radical (unpaired) electrons. The number of hydrogen-bond acceptors (Lipinski definition) is 3. The standard InChI is InChI=1S/C8H9IO3/c1-3-6(10)4(2)8(12)5(9)7(3)11/h10-12H,1-2H3. The SMILES string of the molecule is Cc1c(O)c(C)c(O)c(I)c1O. The van der Waals surface area contributed by atoms with Crippen molar-refractivity contribution in [3.8, 4) is 17.2 Å². The summed E-state index contributed by atoms with van der Waals surface area (Å²) >= 11 is 1.83. The van der Waals surface area contributed by atoms with Crippen LogP contribution in [0.5, 0.6) is 17.2 Å². The zero-order chi connectivity index (χ0) is 9.46. The van der Waals surface area contributed by atoms with Crippen molar-refractivity contribution >= 4 is 22.6 Å². The third-order valence-corrected chi connectivity index (χ3v) is 2.86. The van der Waals surface area contributed by atoms with Gasteiger partial charge in [0.15, 0.2) is 0 Å². The van der Waals surface area contributed by atoms with Crippen molar-refractivity contribution in [3.63, 3.8) is 0 Å². The fraction of sp³-hybridized carbons (Fsp3) is 0.250. The first kappa shape index (κ1) is 9.44. The molecule has 3 N–H and O–H groups in total. The molecule has 0 aromatic heterocycles. The van der Waals surface area contributed by atoms with E-state index in [0.717, 1.165) is 0 Å². The normalized spacial score (nSPS) is 10.2. The molecule has 0 aliphatic heterocycles. The molecule has 0 aliphatic rings. The Morgan fingerprint density at radius 2 is 1.17 bits per heavy atom. The number of hydrogen-bond donors (Lipinski definition) is 3. The van der Waals surface area contributed by atoms with Gasteiger partial charge in [0.25, 0.3) is 0 Å². The molecule has 0 atom stereocenters. The van der Waals surface area contributed by atoms with Crippen LogP contribution in [0.2, 0.25) is 0 Å². The molecule has 1 aromatic rings. The summed E-state index contributed by atoms with van der Waals surface area (Å²) in [6.45, 7) is 3.19. The fourth-order valence-corrected chi connectivity index (χ4v) is 1.76. The minimum absolute atomic E-state index is 0.0505. The quantitative estimate of drug-likeness (QED) is 0.637. The monoisotopic (exact) mass is 280 g/mol. The van der Waals surface area contributed by atoms with Crippen LogP contribution in [0.15, 0.2) is 0 Å². The van der Waals surface area contributed by atoms with Crippen LogP contribution < -0.4 is 0 Å². The largest absolute Gasteiger partial charge is 0.507 e. The number of phenolic OH excluding ortho intramolecular Hbond substituents is 3. The summed E-state index contributed by atoms with van der Waals surface area (Å²) in [7, 11) is 0. The second kappa shape index (κ2) is 3.01. The van der Waals surface area contributed by atoms with Gasteiger partial charge in [0.2, 0.25) is 0 Å². The highest BCUT2D eigenvalue weighted by Gasteiger charge is 2.15. The Morgan fingerprint density at radius 3 is 1.50 bits per heavy atom. The van der Waals surface area contributed by atoms with Crippen LogP contribution >= 0.6 is 22.6 Å². The van der Waals surface area contributed by atoms with Crippen molar-refractivity contribution in [3.05, 3.63) is 14.7 Å². The Hall–Kier alpha value is -0.650. The van der Waals surface area contributed by atoms with Gasteiger partial charge in [-0.3, -0.25) is 0 Å². The summed E-state index contributed by atoms with van der Waals surface area (Å²) in [6, 6.07) is 0. The third-order valence-electron chi connectivity index (χ3n) is 1.84. The van der Waals surface area contributed by atoms with Crippen molar-refractivity contribution in [1.82, 2.24) is 0 Å². The van der Waals surface area contributed by atoms with Crippen LogP contribution in [0, 0.1) is 17.4 Å². The van der Waals surface area contributed by atoms with E-state index in [9.17, 15) is 15.3 Å². The third kappa shape index (κ3) is 1.20. The topological polar surface area (TPSA) is 60.7 Å². The van der Waals surface area contributed by atoms with Crippen LogP contribution in [0.3, 0.4) is 0 Å². The Kier molecular flexibility index (Phi) is 2.36. The maximum atomic E-state index is 9.37. The van der Waals surface area contributed by atoms with E-state index in [4.69, 9.17) is 0 Å². The molecule has 0 unspecified atom stereocenters. The lowest BCUT2D eigenvalue weighted by Gasteiger charge is -2.09. The lowest BCUT2D eigenvalue weighted by molar-refractivity contribution is 0.412. The average molecular weight is 280 g/mol. The molecule has 0 heterocycles. The summed E-state index contributed by atoms with van der Waals surface area (Å²) < 4.78 is 0.375. The van der Waals surface area contributed by atoms with Gasteiger partial charge >= 0.3 is 0 Å². The van der Waals surface area contributed by atoms with Gasteiger partial charge in [-0.15, -0.1) is 0 Å². The highest BCUT2D eigenvalue weighted by molar-refractivity contribution is 14.1. The minimum Gasteiger partial charge on any atom is -0.507 e. The van der Waals surface area contributed by atoms with Gasteiger partial charge in [-0.1, -0.05) is 0 Å². The van der Waals surface area contributed by atoms with E-state index in [-0.39, 0.29) is 17.2 Å². The predicted molar refractivity (Wildman–Crippen MR) is 53.6 cm³/mol. The average Bonchev–Trinajstić information content (AvgIpc) is 2.08. The van der Waals surface area contributed by atoms with Gasteiger partial charge in [0.1, 0.15) is 17.2 Å². The lowest BCUT2D eigenvalue weighted by atomic mass is 10.1. The molecule has 0 spiro atoms. The van der Waals surface area contributed by atoms with Crippen molar-refractivity contribution in [2.24, 2.45) is 0 Å². The van der Waals surface area contributed by atoms with E-state index in [0.29, 0.717) is 14.7 Å². The van der Waals surface area contributed by atoms with Gasteiger partial charge in [0, 0.05) is 11.1 Å². The van der Waals surface area contributed by atoms with E-state index in [1.54, 1.807) is 13.8 Å². The molecular weight excluding hydrogens is 271 g/mol. The van der Waals surface area contributed by atoms with Crippen molar-refractivity contribution in [2.75, 3.05) is 0 Å². The summed E-state index contributed by atoms with van der Waals surface area (Å²) in [5.41, 5.74) is 0.796. The van der Waals surface area contributed by atoms with Crippen molar-refractivity contribution in [1.29, 1.82) is 0 Å².